The lowest BCUT2D eigenvalue weighted by Crippen LogP contribution is -2.25. The van der Waals surface area contributed by atoms with E-state index in [2.05, 4.69) is 15.3 Å². The van der Waals surface area contributed by atoms with Crippen molar-refractivity contribution in [2.75, 3.05) is 11.1 Å². The Morgan fingerprint density at radius 2 is 2.15 bits per heavy atom. The van der Waals surface area contributed by atoms with Crippen molar-refractivity contribution in [1.29, 1.82) is 0 Å². The van der Waals surface area contributed by atoms with Crippen molar-refractivity contribution in [3.05, 3.63) is 58.1 Å². The van der Waals surface area contributed by atoms with E-state index in [1.54, 1.807) is 12.4 Å². The molecule has 0 radical (unpaired) electrons. The summed E-state index contributed by atoms with van der Waals surface area (Å²) in [5.74, 6) is 1.03. The number of imidazole rings is 1. The third kappa shape index (κ3) is 3.37. The molecule has 9 heteroatoms. The van der Waals surface area contributed by atoms with Crippen LogP contribution in [0.4, 0.5) is 5.82 Å². The highest BCUT2D eigenvalue weighted by molar-refractivity contribution is 7.99. The number of aliphatic hydroxyl groups excluding tert-OH is 2. The van der Waals surface area contributed by atoms with E-state index in [1.807, 2.05) is 28.7 Å². The Morgan fingerprint density at radius 1 is 1.31 bits per heavy atom. The zero-order valence-electron chi connectivity index (χ0n) is 13.5. The van der Waals surface area contributed by atoms with E-state index in [4.69, 9.17) is 23.2 Å². The first-order valence-corrected chi connectivity index (χ1v) is 9.83. The molecule has 1 fully saturated rings. The summed E-state index contributed by atoms with van der Waals surface area (Å²) < 4.78 is 1.81. The summed E-state index contributed by atoms with van der Waals surface area (Å²) in [6, 6.07) is 7.55. The first-order valence-electron chi connectivity index (χ1n) is 8.02. The number of nitrogens with one attached hydrogen (secondary N) is 1. The summed E-state index contributed by atoms with van der Waals surface area (Å²) in [4.78, 5) is 8.77. The Hall–Kier alpha value is -1.51. The average Bonchev–Trinajstić information content (AvgIpc) is 3.17. The van der Waals surface area contributed by atoms with Crippen LogP contribution in [-0.4, -0.2) is 42.5 Å². The van der Waals surface area contributed by atoms with Crippen molar-refractivity contribution < 1.29 is 10.2 Å². The van der Waals surface area contributed by atoms with E-state index in [1.165, 1.54) is 11.8 Å². The van der Waals surface area contributed by atoms with Gasteiger partial charge in [-0.3, -0.25) is 4.40 Å². The van der Waals surface area contributed by atoms with Gasteiger partial charge in [0.05, 0.1) is 29.3 Å². The number of aromatic nitrogens is 3. The fourth-order valence-corrected chi connectivity index (χ4v) is 4.72. The van der Waals surface area contributed by atoms with E-state index in [0.29, 0.717) is 33.9 Å². The molecule has 0 amide bonds. The van der Waals surface area contributed by atoms with Crippen LogP contribution in [0.15, 0.2) is 36.7 Å². The number of rotatable bonds is 4. The zero-order valence-corrected chi connectivity index (χ0v) is 15.8. The van der Waals surface area contributed by atoms with Crippen LogP contribution in [0.5, 0.6) is 0 Å². The van der Waals surface area contributed by atoms with Gasteiger partial charge in [0.15, 0.2) is 11.5 Å². The van der Waals surface area contributed by atoms with E-state index < -0.39 is 12.2 Å². The topological polar surface area (TPSA) is 82.7 Å². The molecule has 1 aliphatic heterocycles. The van der Waals surface area contributed by atoms with Gasteiger partial charge in [-0.05, 0) is 17.7 Å². The third-order valence-corrected chi connectivity index (χ3v) is 6.11. The van der Waals surface area contributed by atoms with Crippen molar-refractivity contribution in [3.63, 3.8) is 0 Å². The van der Waals surface area contributed by atoms with Crippen molar-refractivity contribution in [2.45, 2.75) is 24.0 Å². The van der Waals surface area contributed by atoms with E-state index in [0.717, 1.165) is 11.3 Å². The highest BCUT2D eigenvalue weighted by Gasteiger charge is 2.37. The van der Waals surface area contributed by atoms with Gasteiger partial charge in [-0.15, -0.1) is 11.8 Å². The van der Waals surface area contributed by atoms with E-state index in [9.17, 15) is 10.2 Å². The molecule has 0 unspecified atom stereocenters. The molecule has 2 aromatic heterocycles. The van der Waals surface area contributed by atoms with Crippen LogP contribution >= 0.6 is 35.0 Å². The van der Waals surface area contributed by atoms with Gasteiger partial charge in [-0.25, -0.2) is 9.97 Å². The van der Waals surface area contributed by atoms with Crippen LogP contribution in [0.1, 0.15) is 16.5 Å². The summed E-state index contributed by atoms with van der Waals surface area (Å²) in [6.07, 6.45) is 1.78. The molecule has 3 atom stereocenters. The van der Waals surface area contributed by atoms with Gasteiger partial charge in [0.25, 0.3) is 0 Å². The Labute approximate surface area is 164 Å². The first kappa shape index (κ1) is 17.9. The molecule has 136 valence electrons. The Balaban J connectivity index is 1.66. The fraction of sp³-hybridized carbons (Fsp3) is 0.294. The van der Waals surface area contributed by atoms with Gasteiger partial charge in [0, 0.05) is 23.5 Å². The normalized spacial score (nSPS) is 22.8. The molecule has 0 bridgehead atoms. The number of anilines is 1. The smallest absolute Gasteiger partial charge is 0.180 e. The van der Waals surface area contributed by atoms with Crippen LogP contribution in [0, 0.1) is 0 Å². The second kappa shape index (κ2) is 7.25. The first-order chi connectivity index (χ1) is 12.5. The second-order valence-corrected chi connectivity index (χ2v) is 8.08. The van der Waals surface area contributed by atoms with E-state index in [-0.39, 0.29) is 5.25 Å². The quantitative estimate of drug-likeness (QED) is 0.612. The zero-order chi connectivity index (χ0) is 18.3. The summed E-state index contributed by atoms with van der Waals surface area (Å²) in [6.45, 7) is 0.519. The maximum atomic E-state index is 10.2. The van der Waals surface area contributed by atoms with Crippen LogP contribution in [0.3, 0.4) is 0 Å². The summed E-state index contributed by atoms with van der Waals surface area (Å²) in [5.41, 5.74) is 2.40. The van der Waals surface area contributed by atoms with Crippen molar-refractivity contribution >= 4 is 46.4 Å². The Bertz CT molecular complexity index is 952. The molecular formula is C17H16Cl2N4O2S. The molecule has 4 rings (SSSR count). The lowest BCUT2D eigenvalue weighted by molar-refractivity contribution is 0.0411. The Morgan fingerprint density at radius 3 is 2.88 bits per heavy atom. The third-order valence-electron chi connectivity index (χ3n) is 4.28. The van der Waals surface area contributed by atoms with Crippen molar-refractivity contribution in [3.8, 4) is 0 Å². The van der Waals surface area contributed by atoms with E-state index >= 15 is 0 Å². The Kier molecular flexibility index (Phi) is 4.98. The molecule has 0 saturated carbocycles. The molecule has 6 nitrogen and oxygen atoms in total. The molecule has 26 heavy (non-hydrogen) atoms. The molecule has 3 aromatic rings. The molecule has 0 aliphatic carbocycles. The number of hydrogen-bond acceptors (Lipinski definition) is 6. The molecule has 1 saturated heterocycles. The SMILES string of the molecule is O[C@@H]1[C@H](O)CS[C@H]1c1cnc2c(NCc3cccc(Cl)c3)nc(Cl)cn12. The number of fused-ring (bicyclic) bond motifs is 1. The van der Waals surface area contributed by atoms with Gasteiger partial charge in [0.1, 0.15) is 5.15 Å². The standard InChI is InChI=1S/C17H16Cl2N4O2S/c18-10-3-1-2-9(4-10)5-20-16-17-21-6-11(23(17)7-13(19)22-16)15-14(25)12(24)8-26-15/h1-4,6-7,12,14-15,24-25H,5,8H2,(H,20,22)/t12-,14-,15+/m1/s1. The molecular weight excluding hydrogens is 395 g/mol. The average molecular weight is 411 g/mol. The van der Waals surface area contributed by atoms with Crippen molar-refractivity contribution in [1.82, 2.24) is 14.4 Å². The number of nitrogens with zero attached hydrogens (tertiary/aromatic N) is 3. The number of hydrogen-bond donors (Lipinski definition) is 3. The highest BCUT2D eigenvalue weighted by atomic mass is 35.5. The van der Waals surface area contributed by atoms with Crippen LogP contribution < -0.4 is 5.32 Å². The molecule has 1 aliphatic rings. The largest absolute Gasteiger partial charge is 0.390 e. The number of benzene rings is 1. The number of halogens is 2. The number of thioether (sulfide) groups is 1. The minimum Gasteiger partial charge on any atom is -0.390 e. The molecule has 3 N–H and O–H groups in total. The van der Waals surface area contributed by atoms with Gasteiger partial charge in [-0.1, -0.05) is 35.3 Å². The maximum absolute atomic E-state index is 10.2. The van der Waals surface area contributed by atoms with Gasteiger partial charge < -0.3 is 15.5 Å². The predicted molar refractivity (Wildman–Crippen MR) is 104 cm³/mol. The van der Waals surface area contributed by atoms with Gasteiger partial charge >= 0.3 is 0 Å². The van der Waals surface area contributed by atoms with Crippen LogP contribution in [-0.2, 0) is 6.54 Å². The second-order valence-electron chi connectivity index (χ2n) is 6.08. The van der Waals surface area contributed by atoms with Crippen LogP contribution in [0.2, 0.25) is 10.2 Å². The van der Waals surface area contributed by atoms with Crippen molar-refractivity contribution in [2.24, 2.45) is 0 Å². The molecule has 1 aromatic carbocycles. The maximum Gasteiger partial charge on any atom is 0.180 e. The predicted octanol–water partition coefficient (Wildman–Crippen LogP) is 3.16. The summed E-state index contributed by atoms with van der Waals surface area (Å²) in [5, 5.41) is 24.0. The molecule has 0 spiro atoms. The minimum atomic E-state index is -0.838. The number of aliphatic hydroxyl groups is 2. The fourth-order valence-electron chi connectivity index (χ4n) is 3.00. The lowest BCUT2D eigenvalue weighted by atomic mass is 10.1. The lowest BCUT2D eigenvalue weighted by Gasteiger charge is -2.15. The van der Waals surface area contributed by atoms with Gasteiger partial charge in [0.2, 0.25) is 0 Å². The summed E-state index contributed by atoms with van der Waals surface area (Å²) >= 11 is 13.7. The monoisotopic (exact) mass is 410 g/mol. The minimum absolute atomic E-state index is 0.265. The molecule has 3 heterocycles. The van der Waals surface area contributed by atoms with Gasteiger partial charge in [-0.2, -0.15) is 0 Å². The van der Waals surface area contributed by atoms with Crippen LogP contribution in [0.25, 0.3) is 5.65 Å². The summed E-state index contributed by atoms with van der Waals surface area (Å²) in [7, 11) is 0. The highest BCUT2D eigenvalue weighted by Crippen LogP contribution is 2.41.